The van der Waals surface area contributed by atoms with Gasteiger partial charge in [-0.15, -0.1) is 0 Å². The zero-order chi connectivity index (χ0) is 16.5. The quantitative estimate of drug-likeness (QED) is 0.774. The molecule has 0 bridgehead atoms. The number of hydrogen-bond acceptors (Lipinski definition) is 3. The average molecular weight is 323 g/mol. The zero-order valence-corrected chi connectivity index (χ0v) is 13.7. The van der Waals surface area contributed by atoms with E-state index in [0.717, 1.165) is 22.2 Å². The minimum absolute atomic E-state index is 0.0530. The number of nitrogens with zero attached hydrogens (tertiary/aromatic N) is 3. The van der Waals surface area contributed by atoms with Crippen LogP contribution in [0.25, 0.3) is 10.9 Å². The first-order valence-corrected chi connectivity index (χ1v) is 8.45. The fourth-order valence-corrected chi connectivity index (χ4v) is 3.54. The minimum Gasteiger partial charge on any atom is -0.309 e. The van der Waals surface area contributed by atoms with Gasteiger partial charge in [-0.25, -0.2) is 0 Å². The van der Waals surface area contributed by atoms with Crippen molar-refractivity contribution < 1.29 is 4.79 Å². The number of carbonyl (C=O) groups is 1. The third-order valence-electron chi connectivity index (χ3n) is 4.84. The molecule has 1 aliphatic rings. The van der Waals surface area contributed by atoms with Crippen molar-refractivity contribution in [2.24, 2.45) is 7.05 Å². The largest absolute Gasteiger partial charge is 0.309 e. The van der Waals surface area contributed by atoms with E-state index in [1.807, 2.05) is 42.2 Å². The van der Waals surface area contributed by atoms with Crippen LogP contribution in [0.5, 0.6) is 0 Å². The summed E-state index contributed by atoms with van der Waals surface area (Å²) < 4.78 is 1.83. The lowest BCUT2D eigenvalue weighted by Crippen LogP contribution is -2.14. The van der Waals surface area contributed by atoms with Gasteiger partial charge >= 0.3 is 0 Å². The van der Waals surface area contributed by atoms with Gasteiger partial charge < -0.3 is 5.32 Å². The molecule has 2 aromatic heterocycles. The number of anilines is 1. The summed E-state index contributed by atoms with van der Waals surface area (Å²) in [6, 6.07) is 7.95. The Morgan fingerprint density at radius 3 is 3.00 bits per heavy atom. The number of nitrogens with one attached hydrogen (secondary N) is 2. The number of hydrogen-bond donors (Lipinski definition) is 2. The van der Waals surface area contributed by atoms with Crippen molar-refractivity contribution in [2.45, 2.75) is 38.0 Å². The summed E-state index contributed by atoms with van der Waals surface area (Å²) in [5.41, 5.74) is 3.17. The van der Waals surface area contributed by atoms with Gasteiger partial charge in [0, 0.05) is 30.1 Å². The second kappa shape index (κ2) is 6.11. The Bertz CT molecular complexity index is 873. The highest BCUT2D eigenvalue weighted by Crippen LogP contribution is 2.33. The molecule has 6 nitrogen and oxygen atoms in total. The number of fused-ring (bicyclic) bond motifs is 1. The van der Waals surface area contributed by atoms with Crippen molar-refractivity contribution in [3.05, 3.63) is 41.7 Å². The summed E-state index contributed by atoms with van der Waals surface area (Å²) in [5, 5.41) is 15.5. The third-order valence-corrected chi connectivity index (χ3v) is 4.84. The molecule has 1 amide bonds. The summed E-state index contributed by atoms with van der Waals surface area (Å²) in [6.45, 7) is 0. The maximum Gasteiger partial charge on any atom is 0.229 e. The number of aromatic amines is 1. The molecule has 1 fully saturated rings. The maximum absolute atomic E-state index is 12.3. The van der Waals surface area contributed by atoms with Gasteiger partial charge in [0.05, 0.1) is 18.1 Å². The molecular weight excluding hydrogens is 302 g/mol. The molecule has 2 N–H and O–H groups in total. The molecular formula is C18H21N5O. The fourth-order valence-electron chi connectivity index (χ4n) is 3.54. The van der Waals surface area contributed by atoms with E-state index in [0.29, 0.717) is 18.2 Å². The van der Waals surface area contributed by atoms with Crippen LogP contribution in [-0.2, 0) is 18.3 Å². The van der Waals surface area contributed by atoms with Crippen molar-refractivity contribution in [3.63, 3.8) is 0 Å². The number of carbonyl (C=O) groups excluding carboxylic acids is 1. The second-order valence-electron chi connectivity index (χ2n) is 6.58. The van der Waals surface area contributed by atoms with Gasteiger partial charge in [-0.3, -0.25) is 14.6 Å². The Morgan fingerprint density at radius 2 is 2.17 bits per heavy atom. The monoisotopic (exact) mass is 323 g/mol. The van der Waals surface area contributed by atoms with Crippen LogP contribution in [0, 0.1) is 0 Å². The van der Waals surface area contributed by atoms with Gasteiger partial charge in [0.2, 0.25) is 5.91 Å². The molecule has 0 unspecified atom stereocenters. The maximum atomic E-state index is 12.3. The van der Waals surface area contributed by atoms with E-state index in [-0.39, 0.29) is 5.91 Å². The summed E-state index contributed by atoms with van der Waals surface area (Å²) in [4.78, 5) is 12.3. The molecule has 6 heteroatoms. The lowest BCUT2D eigenvalue weighted by Gasteiger charge is -2.04. The van der Waals surface area contributed by atoms with Crippen LogP contribution < -0.4 is 5.32 Å². The van der Waals surface area contributed by atoms with Gasteiger partial charge in [0.15, 0.2) is 5.82 Å². The first-order chi connectivity index (χ1) is 11.7. The normalized spacial score (nSPS) is 15.2. The summed E-state index contributed by atoms with van der Waals surface area (Å²) in [5.74, 6) is 1.13. The van der Waals surface area contributed by atoms with Crippen LogP contribution >= 0.6 is 0 Å². The van der Waals surface area contributed by atoms with E-state index in [1.165, 1.54) is 25.7 Å². The predicted octanol–water partition coefficient (Wildman–Crippen LogP) is 3.14. The number of amides is 1. The molecule has 124 valence electrons. The Kier molecular flexibility index (Phi) is 3.80. The standard InChI is InChI=1S/C18H21N5O/c1-23-16-7-6-12(8-14(16)11-19-23)9-18(24)20-17-10-15(21-22-17)13-4-2-3-5-13/h6-8,10-11,13H,2-5,9H2,1H3,(H2,20,21,22,24). The van der Waals surface area contributed by atoms with Gasteiger partial charge in [-0.05, 0) is 30.5 Å². The number of benzene rings is 1. The van der Waals surface area contributed by atoms with Gasteiger partial charge in [0.25, 0.3) is 0 Å². The van der Waals surface area contributed by atoms with Crippen LogP contribution in [0.15, 0.2) is 30.5 Å². The van der Waals surface area contributed by atoms with Crippen molar-refractivity contribution >= 4 is 22.6 Å². The highest BCUT2D eigenvalue weighted by molar-refractivity contribution is 5.92. The molecule has 0 aliphatic heterocycles. The topological polar surface area (TPSA) is 75.6 Å². The number of H-pyrrole nitrogens is 1. The molecule has 1 saturated carbocycles. The Balaban J connectivity index is 1.42. The van der Waals surface area contributed by atoms with E-state index < -0.39 is 0 Å². The van der Waals surface area contributed by atoms with Crippen molar-refractivity contribution in [3.8, 4) is 0 Å². The summed E-state index contributed by atoms with van der Waals surface area (Å²) >= 11 is 0. The molecule has 3 aromatic rings. The summed E-state index contributed by atoms with van der Waals surface area (Å²) in [7, 11) is 1.91. The molecule has 1 aliphatic carbocycles. The smallest absolute Gasteiger partial charge is 0.229 e. The SMILES string of the molecule is Cn1ncc2cc(CC(=O)Nc3cc(C4CCCC4)[nH]n3)ccc21. The highest BCUT2D eigenvalue weighted by Gasteiger charge is 2.19. The molecule has 2 heterocycles. The third kappa shape index (κ3) is 2.91. The summed E-state index contributed by atoms with van der Waals surface area (Å²) in [6.07, 6.45) is 7.13. The first-order valence-electron chi connectivity index (χ1n) is 8.45. The van der Waals surface area contributed by atoms with Gasteiger partial charge in [-0.2, -0.15) is 10.2 Å². The molecule has 0 spiro atoms. The van der Waals surface area contributed by atoms with E-state index in [9.17, 15) is 4.79 Å². The Hall–Kier alpha value is -2.63. The van der Waals surface area contributed by atoms with Crippen LogP contribution in [0.1, 0.15) is 42.9 Å². The fraction of sp³-hybridized carbons (Fsp3) is 0.389. The van der Waals surface area contributed by atoms with E-state index >= 15 is 0 Å². The lowest BCUT2D eigenvalue weighted by atomic mass is 10.0. The second-order valence-corrected chi connectivity index (χ2v) is 6.58. The Labute approximate surface area is 140 Å². The minimum atomic E-state index is -0.0530. The zero-order valence-electron chi connectivity index (χ0n) is 13.7. The van der Waals surface area contributed by atoms with Crippen LogP contribution in [0.4, 0.5) is 5.82 Å². The number of aromatic nitrogens is 4. The number of rotatable bonds is 4. The van der Waals surface area contributed by atoms with E-state index in [4.69, 9.17) is 0 Å². The average Bonchev–Trinajstić information content (AvgIpc) is 3.28. The van der Waals surface area contributed by atoms with Crippen LogP contribution in [0.2, 0.25) is 0 Å². The molecule has 0 atom stereocenters. The van der Waals surface area contributed by atoms with E-state index in [2.05, 4.69) is 20.6 Å². The van der Waals surface area contributed by atoms with Crippen molar-refractivity contribution in [1.82, 2.24) is 20.0 Å². The Morgan fingerprint density at radius 1 is 1.33 bits per heavy atom. The van der Waals surface area contributed by atoms with Gasteiger partial charge in [-0.1, -0.05) is 18.9 Å². The molecule has 0 radical (unpaired) electrons. The van der Waals surface area contributed by atoms with Crippen LogP contribution in [-0.4, -0.2) is 25.9 Å². The lowest BCUT2D eigenvalue weighted by molar-refractivity contribution is -0.115. The molecule has 1 aromatic carbocycles. The first kappa shape index (κ1) is 14.9. The highest BCUT2D eigenvalue weighted by atomic mass is 16.1. The van der Waals surface area contributed by atoms with E-state index in [1.54, 1.807) is 0 Å². The van der Waals surface area contributed by atoms with Gasteiger partial charge in [0.1, 0.15) is 0 Å². The molecule has 4 rings (SSSR count). The number of aryl methyl sites for hydroxylation is 1. The van der Waals surface area contributed by atoms with Crippen molar-refractivity contribution in [2.75, 3.05) is 5.32 Å². The molecule has 0 saturated heterocycles. The van der Waals surface area contributed by atoms with Crippen LogP contribution in [0.3, 0.4) is 0 Å². The predicted molar refractivity (Wildman–Crippen MR) is 92.8 cm³/mol. The van der Waals surface area contributed by atoms with Crippen molar-refractivity contribution in [1.29, 1.82) is 0 Å². The molecule has 24 heavy (non-hydrogen) atoms.